The van der Waals surface area contributed by atoms with Crippen molar-refractivity contribution in [2.45, 2.75) is 51.1 Å². The SMILES string of the molecule is CCC1CCc2c(Cl)cccc2SC1=c1sc(=Cc2cccc[n+]2Cc2ccccc2)n(CC)c1=O. The molecule has 0 fully saturated rings. The Labute approximate surface area is 225 Å². The van der Waals surface area contributed by atoms with E-state index in [9.17, 15) is 4.79 Å². The highest BCUT2D eigenvalue weighted by molar-refractivity contribution is 8.08. The van der Waals surface area contributed by atoms with E-state index >= 15 is 0 Å². The largest absolute Gasteiger partial charge is 0.299 e. The van der Waals surface area contributed by atoms with Gasteiger partial charge in [0.25, 0.3) is 5.56 Å². The van der Waals surface area contributed by atoms with Crippen molar-refractivity contribution in [1.29, 1.82) is 0 Å². The first-order chi connectivity index (χ1) is 17.6. The third-order valence-corrected chi connectivity index (χ3v) is 9.79. The minimum Gasteiger partial charge on any atom is -0.299 e. The predicted octanol–water partition coefficient (Wildman–Crippen LogP) is 5.62. The van der Waals surface area contributed by atoms with Crippen LogP contribution < -0.4 is 19.3 Å². The van der Waals surface area contributed by atoms with Crippen molar-refractivity contribution in [2.24, 2.45) is 5.92 Å². The van der Waals surface area contributed by atoms with E-state index in [1.807, 2.05) is 22.8 Å². The van der Waals surface area contributed by atoms with Crippen molar-refractivity contribution in [3.63, 3.8) is 0 Å². The number of halogens is 1. The van der Waals surface area contributed by atoms with E-state index in [-0.39, 0.29) is 5.56 Å². The minimum absolute atomic E-state index is 0.116. The predicted molar refractivity (Wildman–Crippen MR) is 152 cm³/mol. The van der Waals surface area contributed by atoms with E-state index in [1.165, 1.54) is 20.9 Å². The lowest BCUT2D eigenvalue weighted by atomic mass is 9.97. The lowest BCUT2D eigenvalue weighted by molar-refractivity contribution is -0.690. The van der Waals surface area contributed by atoms with Gasteiger partial charge in [0.2, 0.25) is 5.69 Å². The minimum atomic E-state index is 0.116. The van der Waals surface area contributed by atoms with Crippen LogP contribution >= 0.6 is 34.7 Å². The summed E-state index contributed by atoms with van der Waals surface area (Å²) in [5, 5.41) is 0.828. The average Bonchev–Trinajstić information content (AvgIpc) is 3.07. The molecule has 1 aliphatic rings. The van der Waals surface area contributed by atoms with E-state index < -0.39 is 0 Å². The summed E-state index contributed by atoms with van der Waals surface area (Å²) in [4.78, 5) is 16.1. The van der Waals surface area contributed by atoms with Crippen molar-refractivity contribution in [3.05, 3.63) is 114 Å². The fraction of sp³-hybridized carbons (Fsp3) is 0.267. The molecule has 1 aliphatic heterocycles. The Bertz CT molecular complexity index is 1560. The second-order valence-electron chi connectivity index (χ2n) is 9.03. The second kappa shape index (κ2) is 11.2. The van der Waals surface area contributed by atoms with Crippen molar-refractivity contribution >= 4 is 45.7 Å². The summed E-state index contributed by atoms with van der Waals surface area (Å²) in [7, 11) is 0. The molecule has 36 heavy (non-hydrogen) atoms. The molecule has 1 unspecified atom stereocenters. The molecular weight excluding hydrogens is 504 g/mol. The van der Waals surface area contributed by atoms with Gasteiger partial charge < -0.3 is 0 Å². The first kappa shape index (κ1) is 25.1. The Morgan fingerprint density at radius 1 is 1.06 bits per heavy atom. The molecule has 0 saturated carbocycles. The molecule has 3 heterocycles. The van der Waals surface area contributed by atoms with Gasteiger partial charge in [0, 0.05) is 45.1 Å². The van der Waals surface area contributed by atoms with Gasteiger partial charge in [-0.1, -0.05) is 66.7 Å². The Morgan fingerprint density at radius 2 is 1.86 bits per heavy atom. The van der Waals surface area contributed by atoms with Gasteiger partial charge in [-0.3, -0.25) is 9.36 Å². The van der Waals surface area contributed by atoms with Crippen molar-refractivity contribution in [2.75, 3.05) is 0 Å². The lowest BCUT2D eigenvalue weighted by Gasteiger charge is -2.13. The van der Waals surface area contributed by atoms with Crippen LogP contribution in [0.5, 0.6) is 0 Å². The van der Waals surface area contributed by atoms with Gasteiger partial charge in [0.05, 0.1) is 0 Å². The number of benzene rings is 2. The molecule has 0 spiro atoms. The molecule has 0 bridgehead atoms. The van der Waals surface area contributed by atoms with E-state index in [0.717, 1.165) is 45.7 Å². The molecular formula is C30H30ClN2OS2+. The van der Waals surface area contributed by atoms with Gasteiger partial charge in [-0.15, -0.1) is 11.3 Å². The van der Waals surface area contributed by atoms with Gasteiger partial charge >= 0.3 is 0 Å². The topological polar surface area (TPSA) is 25.9 Å². The number of hydrogen-bond acceptors (Lipinski definition) is 3. The molecule has 0 saturated heterocycles. The second-order valence-corrected chi connectivity index (χ2v) is 11.6. The number of fused-ring (bicyclic) bond motifs is 1. The zero-order valence-corrected chi connectivity index (χ0v) is 23.0. The number of pyridine rings is 1. The molecule has 2 aromatic heterocycles. The fourth-order valence-corrected chi connectivity index (χ4v) is 7.91. The van der Waals surface area contributed by atoms with Crippen molar-refractivity contribution in [3.8, 4) is 0 Å². The maximum atomic E-state index is 13.7. The smallest absolute Gasteiger partial charge is 0.269 e. The average molecular weight is 534 g/mol. The summed E-state index contributed by atoms with van der Waals surface area (Å²) >= 11 is 9.92. The molecule has 1 atom stereocenters. The summed E-state index contributed by atoms with van der Waals surface area (Å²) in [6.45, 7) is 5.70. The van der Waals surface area contributed by atoms with Crippen LogP contribution in [0, 0.1) is 5.92 Å². The number of thiazole rings is 1. The highest BCUT2D eigenvalue weighted by Gasteiger charge is 2.24. The molecule has 2 aromatic carbocycles. The number of thioether (sulfide) groups is 1. The first-order valence-corrected chi connectivity index (χ1v) is 14.5. The Kier molecular flexibility index (Phi) is 7.80. The normalized spacial score (nSPS) is 17.6. The highest BCUT2D eigenvalue weighted by Crippen LogP contribution is 2.43. The van der Waals surface area contributed by atoms with Gasteiger partial charge in [-0.05, 0) is 55.9 Å². The molecule has 0 radical (unpaired) electrons. The highest BCUT2D eigenvalue weighted by atomic mass is 35.5. The molecule has 184 valence electrons. The number of aromatic nitrogens is 2. The van der Waals surface area contributed by atoms with Gasteiger partial charge in [0.15, 0.2) is 12.7 Å². The Balaban J connectivity index is 1.66. The summed E-state index contributed by atoms with van der Waals surface area (Å²) in [6.07, 6.45) is 7.22. The third-order valence-electron chi connectivity index (χ3n) is 6.80. The molecule has 4 aromatic rings. The van der Waals surface area contributed by atoms with Crippen molar-refractivity contribution < 1.29 is 4.57 Å². The summed E-state index contributed by atoms with van der Waals surface area (Å²) in [6, 6.07) is 22.8. The van der Waals surface area contributed by atoms with Gasteiger partial charge in [-0.2, -0.15) is 4.57 Å². The van der Waals surface area contributed by atoms with Crippen LogP contribution in [0.4, 0.5) is 0 Å². The third kappa shape index (κ3) is 5.10. The van der Waals surface area contributed by atoms with Crippen LogP contribution in [0.1, 0.15) is 43.5 Å². The molecule has 5 rings (SSSR count). The zero-order valence-electron chi connectivity index (χ0n) is 20.6. The monoisotopic (exact) mass is 533 g/mol. The van der Waals surface area contributed by atoms with E-state index in [0.29, 0.717) is 12.5 Å². The maximum absolute atomic E-state index is 13.7. The van der Waals surface area contributed by atoms with Crippen LogP contribution in [-0.4, -0.2) is 4.57 Å². The maximum Gasteiger partial charge on any atom is 0.269 e. The zero-order chi connectivity index (χ0) is 25.1. The van der Waals surface area contributed by atoms with Gasteiger partial charge in [-0.25, -0.2) is 0 Å². The molecule has 3 nitrogen and oxygen atoms in total. The van der Waals surface area contributed by atoms with E-state index in [4.69, 9.17) is 11.6 Å². The fourth-order valence-electron chi connectivity index (χ4n) is 4.81. The summed E-state index contributed by atoms with van der Waals surface area (Å²) in [5.41, 5.74) is 3.66. The molecule has 0 N–H and O–H groups in total. The van der Waals surface area contributed by atoms with Crippen LogP contribution in [0.25, 0.3) is 11.0 Å². The van der Waals surface area contributed by atoms with E-state index in [1.54, 1.807) is 23.1 Å². The van der Waals surface area contributed by atoms with Crippen LogP contribution in [0.3, 0.4) is 0 Å². The molecule has 0 amide bonds. The van der Waals surface area contributed by atoms with Crippen molar-refractivity contribution in [1.82, 2.24) is 4.57 Å². The first-order valence-electron chi connectivity index (χ1n) is 12.5. The summed E-state index contributed by atoms with van der Waals surface area (Å²) < 4.78 is 6.02. The van der Waals surface area contributed by atoms with E-state index in [2.05, 4.69) is 79.2 Å². The Morgan fingerprint density at radius 3 is 2.64 bits per heavy atom. The lowest BCUT2D eigenvalue weighted by Crippen LogP contribution is -2.38. The summed E-state index contributed by atoms with van der Waals surface area (Å²) in [5.74, 6) is 0.350. The number of nitrogens with zero attached hydrogens (tertiary/aromatic N) is 2. The van der Waals surface area contributed by atoms with Crippen LogP contribution in [0.15, 0.2) is 82.6 Å². The molecule has 6 heteroatoms. The Hall–Kier alpha value is -2.60. The quantitative estimate of drug-likeness (QED) is 0.311. The standard InChI is InChI=1S/C30H30ClN2OS2/c1-3-22-16-17-24-25(31)14-10-15-26(24)35-28(22)29-30(34)33(4-2)27(36-29)19-23-13-8-9-18-32(23)20-21-11-6-5-7-12-21/h5-15,18-19,22H,3-4,16-17,20H2,1-2H3/q+1. The van der Waals surface area contributed by atoms with Crippen LogP contribution in [-0.2, 0) is 19.5 Å². The molecule has 0 aliphatic carbocycles. The van der Waals surface area contributed by atoms with Gasteiger partial charge in [0.1, 0.15) is 9.20 Å². The van der Waals surface area contributed by atoms with Crippen LogP contribution in [0.2, 0.25) is 5.02 Å². The number of rotatable bonds is 5. The number of hydrogen-bond donors (Lipinski definition) is 0.